The van der Waals surface area contributed by atoms with Gasteiger partial charge in [-0.05, 0) is 43.7 Å². The first-order chi connectivity index (χ1) is 16.5. The average Bonchev–Trinajstić information content (AvgIpc) is 2.80. The summed E-state index contributed by atoms with van der Waals surface area (Å²) < 4.78 is 19.5. The number of carbonyl (C=O) groups excluding carboxylic acids is 1. The van der Waals surface area contributed by atoms with Crippen LogP contribution in [0.15, 0.2) is 36.4 Å². The van der Waals surface area contributed by atoms with Gasteiger partial charge in [-0.25, -0.2) is 4.39 Å². The quantitative estimate of drug-likeness (QED) is 0.570. The molecule has 7 nitrogen and oxygen atoms in total. The highest BCUT2D eigenvalue weighted by Crippen LogP contribution is 2.40. The Bertz CT molecular complexity index is 980. The third-order valence-corrected chi connectivity index (χ3v) is 6.59. The summed E-state index contributed by atoms with van der Waals surface area (Å²) in [5, 5.41) is 0. The molecule has 1 aliphatic heterocycles. The fourth-order valence-corrected chi connectivity index (χ4v) is 4.46. The summed E-state index contributed by atoms with van der Waals surface area (Å²) in [6.07, 6.45) is 0. The lowest BCUT2D eigenvalue weighted by atomic mass is 10.1. The predicted octanol–water partition coefficient (Wildman–Crippen LogP) is 3.52. The van der Waals surface area contributed by atoms with E-state index in [1.165, 1.54) is 12.1 Å². The van der Waals surface area contributed by atoms with Crippen molar-refractivity contribution in [1.82, 2.24) is 9.80 Å². The number of halogens is 1. The molecule has 2 aromatic carbocycles. The SMILES string of the molecule is C[C@@H]1CN(Cc2ccc(F)cc2)[C@@H](C)CN1C(=O)COc1c(N(C)C)cc(N(C)C)cc1N(C)C. The van der Waals surface area contributed by atoms with E-state index in [9.17, 15) is 9.18 Å². The summed E-state index contributed by atoms with van der Waals surface area (Å²) in [4.78, 5) is 23.6. The maximum atomic E-state index is 13.3. The van der Waals surface area contributed by atoms with Crippen molar-refractivity contribution in [3.8, 4) is 5.75 Å². The maximum absolute atomic E-state index is 13.3. The molecule has 0 spiro atoms. The number of hydrogen-bond acceptors (Lipinski definition) is 6. The minimum absolute atomic E-state index is 0.0159. The lowest BCUT2D eigenvalue weighted by molar-refractivity contribution is -0.139. The summed E-state index contributed by atoms with van der Waals surface area (Å²) >= 11 is 0. The van der Waals surface area contributed by atoms with Gasteiger partial charge in [0.2, 0.25) is 0 Å². The molecule has 0 saturated carbocycles. The van der Waals surface area contributed by atoms with Crippen molar-refractivity contribution in [2.24, 2.45) is 0 Å². The molecule has 2 aromatic rings. The molecule has 3 rings (SSSR count). The summed E-state index contributed by atoms with van der Waals surface area (Å²) in [5.74, 6) is 0.461. The van der Waals surface area contributed by atoms with E-state index in [0.29, 0.717) is 12.3 Å². The molecule has 1 aliphatic rings. The molecular weight excluding hydrogens is 445 g/mol. The number of piperazine rings is 1. The van der Waals surface area contributed by atoms with E-state index < -0.39 is 0 Å². The molecular formula is C27H40FN5O2. The minimum Gasteiger partial charge on any atom is -0.479 e. The Morgan fingerprint density at radius 1 is 0.914 bits per heavy atom. The topological polar surface area (TPSA) is 42.5 Å². The van der Waals surface area contributed by atoms with E-state index in [1.54, 1.807) is 0 Å². The van der Waals surface area contributed by atoms with Gasteiger partial charge < -0.3 is 24.3 Å². The number of rotatable bonds is 8. The van der Waals surface area contributed by atoms with Crippen LogP contribution in [0.3, 0.4) is 0 Å². The average molecular weight is 486 g/mol. The second kappa shape index (κ2) is 11.2. The van der Waals surface area contributed by atoms with Gasteiger partial charge in [0.25, 0.3) is 5.91 Å². The molecule has 1 fully saturated rings. The van der Waals surface area contributed by atoms with Gasteiger partial charge in [-0.2, -0.15) is 0 Å². The van der Waals surface area contributed by atoms with Gasteiger partial charge in [-0.3, -0.25) is 9.69 Å². The molecule has 0 bridgehead atoms. The van der Waals surface area contributed by atoms with Crippen molar-refractivity contribution in [2.75, 3.05) is 76.7 Å². The van der Waals surface area contributed by atoms with Crippen LogP contribution in [-0.2, 0) is 11.3 Å². The van der Waals surface area contributed by atoms with Crippen LogP contribution in [0.25, 0.3) is 0 Å². The number of ether oxygens (including phenoxy) is 1. The Hall–Kier alpha value is -3.00. The number of carbonyl (C=O) groups is 1. The highest BCUT2D eigenvalue weighted by Gasteiger charge is 2.32. The van der Waals surface area contributed by atoms with Crippen molar-refractivity contribution >= 4 is 23.0 Å². The Morgan fingerprint density at radius 2 is 1.49 bits per heavy atom. The zero-order valence-corrected chi connectivity index (χ0v) is 22.4. The number of amides is 1. The summed E-state index contributed by atoms with van der Waals surface area (Å²) in [6.45, 7) is 6.31. The number of nitrogens with zero attached hydrogens (tertiary/aromatic N) is 5. The molecule has 1 heterocycles. The molecule has 0 N–H and O–H groups in total. The molecule has 0 radical (unpaired) electrons. The van der Waals surface area contributed by atoms with Crippen molar-refractivity contribution < 1.29 is 13.9 Å². The number of hydrogen-bond donors (Lipinski definition) is 0. The minimum atomic E-state index is -0.225. The molecule has 2 atom stereocenters. The standard InChI is InChI=1S/C27H40FN5O2/c1-19-16-33(20(2)15-32(19)17-21-9-11-22(28)12-10-21)26(34)18-35-27-24(30(5)6)13-23(29(3)4)14-25(27)31(7)8/h9-14,19-20H,15-18H2,1-8H3/t19-,20+/m0/s1. The lowest BCUT2D eigenvalue weighted by Gasteiger charge is -2.44. The van der Waals surface area contributed by atoms with Crippen LogP contribution in [0, 0.1) is 5.82 Å². The monoisotopic (exact) mass is 485 g/mol. The molecule has 0 aromatic heterocycles. The molecule has 192 valence electrons. The van der Waals surface area contributed by atoms with Crippen LogP contribution in [0.1, 0.15) is 19.4 Å². The molecule has 35 heavy (non-hydrogen) atoms. The predicted molar refractivity (Wildman–Crippen MR) is 142 cm³/mol. The third kappa shape index (κ3) is 6.36. The Balaban J connectivity index is 1.71. The van der Waals surface area contributed by atoms with Gasteiger partial charge >= 0.3 is 0 Å². The second-order valence-corrected chi connectivity index (χ2v) is 10.1. The first-order valence-electron chi connectivity index (χ1n) is 12.1. The van der Waals surface area contributed by atoms with E-state index in [-0.39, 0.29) is 30.4 Å². The lowest BCUT2D eigenvalue weighted by Crippen LogP contribution is -2.58. The van der Waals surface area contributed by atoms with Crippen LogP contribution in [0.2, 0.25) is 0 Å². The normalized spacial score (nSPS) is 18.4. The van der Waals surface area contributed by atoms with Crippen LogP contribution < -0.4 is 19.4 Å². The molecule has 1 saturated heterocycles. The highest BCUT2D eigenvalue weighted by molar-refractivity contribution is 5.82. The Labute approximate surface area is 209 Å². The smallest absolute Gasteiger partial charge is 0.260 e. The molecule has 0 unspecified atom stereocenters. The second-order valence-electron chi connectivity index (χ2n) is 10.1. The first kappa shape index (κ1) is 26.6. The first-order valence-corrected chi connectivity index (χ1v) is 12.1. The van der Waals surface area contributed by atoms with Crippen molar-refractivity contribution in [3.63, 3.8) is 0 Å². The molecule has 1 amide bonds. The van der Waals surface area contributed by atoms with Crippen LogP contribution >= 0.6 is 0 Å². The van der Waals surface area contributed by atoms with E-state index in [1.807, 2.05) is 69.1 Å². The highest BCUT2D eigenvalue weighted by atomic mass is 19.1. The van der Waals surface area contributed by atoms with Gasteiger partial charge in [-0.1, -0.05) is 12.1 Å². The summed E-state index contributed by atoms with van der Waals surface area (Å²) in [7, 11) is 11.9. The van der Waals surface area contributed by atoms with Crippen molar-refractivity contribution in [1.29, 1.82) is 0 Å². The van der Waals surface area contributed by atoms with E-state index in [2.05, 4.69) is 35.8 Å². The summed E-state index contributed by atoms with van der Waals surface area (Å²) in [6, 6.07) is 11.0. The van der Waals surface area contributed by atoms with Gasteiger partial charge in [0.05, 0.1) is 11.4 Å². The van der Waals surface area contributed by atoms with Gasteiger partial charge in [0, 0.05) is 79.7 Å². The largest absolute Gasteiger partial charge is 0.479 e. The fraction of sp³-hybridized carbons (Fsp3) is 0.519. The van der Waals surface area contributed by atoms with Crippen LogP contribution in [0.5, 0.6) is 5.75 Å². The van der Waals surface area contributed by atoms with Crippen molar-refractivity contribution in [2.45, 2.75) is 32.5 Å². The number of benzene rings is 2. The maximum Gasteiger partial charge on any atom is 0.260 e. The molecule has 0 aliphatic carbocycles. The van der Waals surface area contributed by atoms with E-state index in [0.717, 1.165) is 35.7 Å². The van der Waals surface area contributed by atoms with Gasteiger partial charge in [-0.15, -0.1) is 0 Å². The van der Waals surface area contributed by atoms with E-state index in [4.69, 9.17) is 4.74 Å². The van der Waals surface area contributed by atoms with Crippen LogP contribution in [0.4, 0.5) is 21.5 Å². The Morgan fingerprint density at radius 3 is 2.00 bits per heavy atom. The van der Waals surface area contributed by atoms with Crippen LogP contribution in [-0.4, -0.2) is 89.8 Å². The zero-order chi connectivity index (χ0) is 25.9. The van der Waals surface area contributed by atoms with Gasteiger partial charge in [0.15, 0.2) is 12.4 Å². The van der Waals surface area contributed by atoms with Crippen molar-refractivity contribution in [3.05, 3.63) is 47.8 Å². The third-order valence-electron chi connectivity index (χ3n) is 6.59. The molecule has 8 heteroatoms. The Kier molecular flexibility index (Phi) is 8.48. The van der Waals surface area contributed by atoms with E-state index >= 15 is 0 Å². The summed E-state index contributed by atoms with van der Waals surface area (Å²) in [5.41, 5.74) is 3.99. The van der Waals surface area contributed by atoms with Gasteiger partial charge in [0.1, 0.15) is 5.82 Å². The fourth-order valence-electron chi connectivity index (χ4n) is 4.46. The number of anilines is 3. The zero-order valence-electron chi connectivity index (χ0n) is 22.4.